The van der Waals surface area contributed by atoms with E-state index in [1.165, 1.54) is 5.56 Å². The molecule has 3 heterocycles. The molecule has 38 heavy (non-hydrogen) atoms. The predicted octanol–water partition coefficient (Wildman–Crippen LogP) is 3.48. The zero-order valence-electron chi connectivity index (χ0n) is 21.5. The molecule has 3 aliphatic rings. The number of imidazole rings is 1. The Hall–Kier alpha value is -3.34. The maximum atomic E-state index is 11.6. The standard InChI is InChI=1S/C27H32ClN7O3/c1-34-7-9-35(10-8-34)14-15-3-6-18(20(11-15)37-2)25-32-23-22(19(28)13-30-26(23)33-25)31-21-16-4-5-17(12-16)24(21)38-27(29)36/h3-6,11,13,16-17,21,24H,7-10,12,14H2,1-2H3,(H2,29,36)(H2,30,31,32,33)/t16-,17+,21+,24-/m0/s1. The number of nitrogens with one attached hydrogen (secondary N) is 2. The van der Waals surface area contributed by atoms with Gasteiger partial charge in [-0.25, -0.2) is 14.8 Å². The molecule has 10 nitrogen and oxygen atoms in total. The summed E-state index contributed by atoms with van der Waals surface area (Å²) in [6.45, 7) is 5.14. The Bertz CT molecular complexity index is 1380. The number of amides is 1. The number of methoxy groups -OCH3 is 1. The first-order chi connectivity index (χ1) is 18.4. The normalized spacial score (nSPS) is 25.2. The lowest BCUT2D eigenvalue weighted by molar-refractivity contribution is 0.0854. The average Bonchev–Trinajstić information content (AvgIpc) is 3.63. The smallest absolute Gasteiger partial charge is 0.404 e. The Morgan fingerprint density at radius 2 is 2.03 bits per heavy atom. The summed E-state index contributed by atoms with van der Waals surface area (Å²) in [5.74, 6) is 1.72. The zero-order chi connectivity index (χ0) is 26.4. The molecule has 2 bridgehead atoms. The molecule has 0 spiro atoms. The number of pyridine rings is 1. The summed E-state index contributed by atoms with van der Waals surface area (Å²) < 4.78 is 11.2. The Labute approximate surface area is 226 Å². The van der Waals surface area contributed by atoms with Gasteiger partial charge in [-0.1, -0.05) is 29.8 Å². The van der Waals surface area contributed by atoms with Crippen LogP contribution in [0.3, 0.4) is 0 Å². The molecule has 0 unspecified atom stereocenters. The molecule has 1 aromatic carbocycles. The quantitative estimate of drug-likeness (QED) is 0.392. The van der Waals surface area contributed by atoms with Crippen LogP contribution in [0.1, 0.15) is 12.0 Å². The van der Waals surface area contributed by atoms with Gasteiger partial charge in [0.1, 0.15) is 23.2 Å². The second kappa shape index (κ2) is 10.1. The maximum absolute atomic E-state index is 11.6. The first kappa shape index (κ1) is 25.0. The van der Waals surface area contributed by atoms with Gasteiger partial charge in [0.25, 0.3) is 0 Å². The molecule has 1 saturated carbocycles. The number of benzene rings is 1. The van der Waals surface area contributed by atoms with Gasteiger partial charge in [0.05, 0.1) is 35.6 Å². The number of hydrogen-bond donors (Lipinski definition) is 3. The van der Waals surface area contributed by atoms with E-state index >= 15 is 0 Å². The molecule has 4 N–H and O–H groups in total. The van der Waals surface area contributed by atoms with E-state index in [9.17, 15) is 4.79 Å². The van der Waals surface area contributed by atoms with E-state index in [1.807, 2.05) is 6.07 Å². The molecular formula is C27H32ClN7O3. The summed E-state index contributed by atoms with van der Waals surface area (Å²) in [6.07, 6.45) is 5.59. The number of aromatic amines is 1. The van der Waals surface area contributed by atoms with Gasteiger partial charge in [0, 0.05) is 44.6 Å². The predicted molar refractivity (Wildman–Crippen MR) is 146 cm³/mol. The number of ether oxygens (including phenoxy) is 2. The molecule has 1 aliphatic heterocycles. The number of H-pyrrole nitrogens is 1. The monoisotopic (exact) mass is 537 g/mol. The van der Waals surface area contributed by atoms with Gasteiger partial charge in [-0.15, -0.1) is 0 Å². The number of fused-ring (bicyclic) bond motifs is 3. The molecule has 1 amide bonds. The highest BCUT2D eigenvalue weighted by atomic mass is 35.5. The summed E-state index contributed by atoms with van der Waals surface area (Å²) >= 11 is 6.62. The number of nitrogens with two attached hydrogens (primary N) is 1. The zero-order valence-corrected chi connectivity index (χ0v) is 22.2. The van der Waals surface area contributed by atoms with Crippen LogP contribution >= 0.6 is 11.6 Å². The Morgan fingerprint density at radius 3 is 2.79 bits per heavy atom. The third-order valence-corrected chi connectivity index (χ3v) is 8.23. The fraction of sp³-hybridized carbons (Fsp3) is 0.444. The van der Waals surface area contributed by atoms with Gasteiger partial charge in [-0.3, -0.25) is 4.90 Å². The van der Waals surface area contributed by atoms with Gasteiger partial charge in [0.2, 0.25) is 0 Å². The number of piperazine rings is 1. The number of nitrogens with zero attached hydrogens (tertiary/aromatic N) is 4. The van der Waals surface area contributed by atoms with E-state index in [0.717, 1.165) is 50.5 Å². The fourth-order valence-electron chi connectivity index (χ4n) is 5.92. The molecule has 0 radical (unpaired) electrons. The molecule has 2 fully saturated rings. The molecular weight excluding hydrogens is 506 g/mol. The van der Waals surface area contributed by atoms with Crippen molar-refractivity contribution >= 4 is 34.5 Å². The Kier molecular flexibility index (Phi) is 6.63. The van der Waals surface area contributed by atoms with Gasteiger partial charge in [-0.2, -0.15) is 0 Å². The van der Waals surface area contributed by atoms with Crippen LogP contribution in [-0.2, 0) is 11.3 Å². The highest BCUT2D eigenvalue weighted by molar-refractivity contribution is 6.34. The van der Waals surface area contributed by atoms with E-state index in [0.29, 0.717) is 27.7 Å². The van der Waals surface area contributed by atoms with Crippen LogP contribution in [0.5, 0.6) is 5.75 Å². The molecule has 200 valence electrons. The summed E-state index contributed by atoms with van der Waals surface area (Å²) in [5.41, 5.74) is 9.28. The Balaban J connectivity index is 1.29. The molecule has 4 atom stereocenters. The van der Waals surface area contributed by atoms with Gasteiger partial charge >= 0.3 is 6.09 Å². The largest absolute Gasteiger partial charge is 0.496 e. The van der Waals surface area contributed by atoms with Crippen molar-refractivity contribution in [2.75, 3.05) is 45.7 Å². The lowest BCUT2D eigenvalue weighted by atomic mass is 9.98. The van der Waals surface area contributed by atoms with Crippen LogP contribution in [0, 0.1) is 11.8 Å². The molecule has 2 aromatic heterocycles. The van der Waals surface area contributed by atoms with Crippen molar-refractivity contribution in [3.05, 3.63) is 47.1 Å². The number of anilines is 1. The van der Waals surface area contributed by atoms with Crippen LogP contribution in [0.25, 0.3) is 22.6 Å². The van der Waals surface area contributed by atoms with Gasteiger partial charge in [-0.05, 0) is 31.2 Å². The SMILES string of the molecule is COc1cc(CN2CCN(C)CC2)ccc1-c1nc2ncc(Cl)c(N[C@H]3[C@@H](OC(N)=O)[C@@H]4C=C[C@H]3C4)c2[nH]1. The number of aromatic nitrogens is 3. The van der Waals surface area contributed by atoms with Crippen LogP contribution in [-0.4, -0.2) is 83.3 Å². The van der Waals surface area contributed by atoms with E-state index < -0.39 is 6.09 Å². The summed E-state index contributed by atoms with van der Waals surface area (Å²) in [7, 11) is 3.83. The first-order valence-corrected chi connectivity index (χ1v) is 13.3. The van der Waals surface area contributed by atoms with Crippen molar-refractivity contribution in [3.63, 3.8) is 0 Å². The third kappa shape index (κ3) is 4.68. The highest BCUT2D eigenvalue weighted by Crippen LogP contribution is 2.44. The van der Waals surface area contributed by atoms with Gasteiger partial charge in [0.15, 0.2) is 5.65 Å². The van der Waals surface area contributed by atoms with E-state index in [-0.39, 0.29) is 24.0 Å². The number of primary amides is 1. The van der Waals surface area contributed by atoms with Crippen LogP contribution < -0.4 is 15.8 Å². The van der Waals surface area contributed by atoms with Gasteiger partial charge < -0.3 is 30.4 Å². The maximum Gasteiger partial charge on any atom is 0.404 e. The van der Waals surface area contributed by atoms with E-state index in [4.69, 9.17) is 31.8 Å². The van der Waals surface area contributed by atoms with Crippen LogP contribution in [0.2, 0.25) is 5.02 Å². The van der Waals surface area contributed by atoms with Crippen LogP contribution in [0.15, 0.2) is 36.5 Å². The average molecular weight is 538 g/mol. The van der Waals surface area contributed by atoms with Crippen molar-refractivity contribution in [2.45, 2.75) is 25.1 Å². The third-order valence-electron chi connectivity index (χ3n) is 7.95. The number of carbonyl (C=O) groups is 1. The topological polar surface area (TPSA) is 122 Å². The summed E-state index contributed by atoms with van der Waals surface area (Å²) in [6, 6.07) is 6.08. The number of carbonyl (C=O) groups excluding carboxylic acids is 1. The van der Waals surface area contributed by atoms with Crippen LogP contribution in [0.4, 0.5) is 10.5 Å². The molecule has 3 aromatic rings. The van der Waals surface area contributed by atoms with Crippen molar-refractivity contribution in [2.24, 2.45) is 17.6 Å². The molecule has 6 rings (SSSR count). The number of rotatable bonds is 7. The van der Waals surface area contributed by atoms with Crippen molar-refractivity contribution < 1.29 is 14.3 Å². The van der Waals surface area contributed by atoms with E-state index in [1.54, 1.807) is 13.3 Å². The van der Waals surface area contributed by atoms with Crippen molar-refractivity contribution in [1.29, 1.82) is 0 Å². The minimum atomic E-state index is -0.777. The minimum Gasteiger partial charge on any atom is -0.496 e. The minimum absolute atomic E-state index is 0.132. The summed E-state index contributed by atoms with van der Waals surface area (Å²) in [4.78, 5) is 29.0. The molecule has 2 aliphatic carbocycles. The number of likely N-dealkylation sites (N-methyl/N-ethyl adjacent to an activating group) is 1. The second-order valence-corrected chi connectivity index (χ2v) is 10.8. The lowest BCUT2D eigenvalue weighted by Gasteiger charge is -2.32. The number of halogens is 1. The fourth-order valence-corrected chi connectivity index (χ4v) is 6.12. The lowest BCUT2D eigenvalue weighted by Crippen LogP contribution is -2.43. The molecule has 1 saturated heterocycles. The molecule has 11 heteroatoms. The van der Waals surface area contributed by atoms with Crippen molar-refractivity contribution in [3.8, 4) is 17.1 Å². The summed E-state index contributed by atoms with van der Waals surface area (Å²) in [5, 5.41) is 3.97. The Morgan fingerprint density at radius 1 is 1.24 bits per heavy atom. The number of hydrogen-bond acceptors (Lipinski definition) is 8. The second-order valence-electron chi connectivity index (χ2n) is 10.4. The highest BCUT2D eigenvalue weighted by Gasteiger charge is 2.47. The first-order valence-electron chi connectivity index (χ1n) is 12.9. The van der Waals surface area contributed by atoms with Crippen molar-refractivity contribution in [1.82, 2.24) is 24.8 Å². The van der Waals surface area contributed by atoms with E-state index in [2.05, 4.69) is 56.4 Å².